The van der Waals surface area contributed by atoms with Crippen LogP contribution in [0.2, 0.25) is 0 Å². The molecule has 2 aromatic carbocycles. The van der Waals surface area contributed by atoms with E-state index in [0.29, 0.717) is 25.2 Å². The van der Waals surface area contributed by atoms with Crippen molar-refractivity contribution in [2.24, 2.45) is 5.73 Å². The molecule has 0 heterocycles. The van der Waals surface area contributed by atoms with Crippen molar-refractivity contribution in [2.75, 3.05) is 13.1 Å². The van der Waals surface area contributed by atoms with Crippen LogP contribution in [0.25, 0.3) is 0 Å². The average molecular weight is 284 g/mol. The number of hydrogen-bond acceptors (Lipinski definition) is 3. The smallest absolute Gasteiger partial charge is 0.254 e. The number of rotatable bonds is 6. The topological polar surface area (TPSA) is 66.6 Å². The molecule has 0 aliphatic heterocycles. The predicted octanol–water partition coefficient (Wildman–Crippen LogP) is 2.38. The van der Waals surface area contributed by atoms with Gasteiger partial charge in [0.25, 0.3) is 5.91 Å². The van der Waals surface area contributed by atoms with Crippen molar-refractivity contribution in [3.8, 4) is 5.75 Å². The number of amides is 1. The largest absolute Gasteiger partial charge is 0.508 e. The third-order valence-corrected chi connectivity index (χ3v) is 3.23. The Hall–Kier alpha value is -2.33. The van der Waals surface area contributed by atoms with Crippen LogP contribution in [0, 0.1) is 0 Å². The van der Waals surface area contributed by atoms with Crippen LogP contribution in [0.5, 0.6) is 5.75 Å². The molecule has 0 unspecified atom stereocenters. The van der Waals surface area contributed by atoms with Crippen molar-refractivity contribution in [1.29, 1.82) is 0 Å². The zero-order chi connectivity index (χ0) is 15.1. The van der Waals surface area contributed by atoms with Crippen LogP contribution < -0.4 is 5.73 Å². The Balaban J connectivity index is 2.17. The molecule has 0 atom stereocenters. The molecule has 0 radical (unpaired) electrons. The lowest BCUT2D eigenvalue weighted by Crippen LogP contribution is -2.32. The van der Waals surface area contributed by atoms with E-state index in [2.05, 4.69) is 0 Å². The Bertz CT molecular complexity index is 584. The van der Waals surface area contributed by atoms with E-state index in [0.717, 1.165) is 12.0 Å². The van der Waals surface area contributed by atoms with E-state index < -0.39 is 0 Å². The summed E-state index contributed by atoms with van der Waals surface area (Å²) in [6.45, 7) is 1.67. The van der Waals surface area contributed by atoms with Crippen molar-refractivity contribution in [3.63, 3.8) is 0 Å². The van der Waals surface area contributed by atoms with E-state index in [-0.39, 0.29) is 11.7 Å². The number of phenols is 1. The minimum Gasteiger partial charge on any atom is -0.508 e. The quantitative estimate of drug-likeness (QED) is 0.856. The molecule has 2 rings (SSSR count). The lowest BCUT2D eigenvalue weighted by molar-refractivity contribution is 0.0742. The van der Waals surface area contributed by atoms with Gasteiger partial charge in [0.2, 0.25) is 0 Å². The molecule has 0 saturated heterocycles. The van der Waals surface area contributed by atoms with E-state index in [1.54, 1.807) is 23.1 Å². The molecule has 3 N–H and O–H groups in total. The molecule has 1 amide bonds. The van der Waals surface area contributed by atoms with Gasteiger partial charge in [-0.25, -0.2) is 0 Å². The van der Waals surface area contributed by atoms with E-state index in [4.69, 9.17) is 5.73 Å². The molecule has 110 valence electrons. The molecule has 4 heteroatoms. The first-order chi connectivity index (χ1) is 10.2. The van der Waals surface area contributed by atoms with Crippen LogP contribution in [0.4, 0.5) is 0 Å². The van der Waals surface area contributed by atoms with Gasteiger partial charge in [0.1, 0.15) is 5.75 Å². The van der Waals surface area contributed by atoms with Gasteiger partial charge < -0.3 is 15.7 Å². The fourth-order valence-electron chi connectivity index (χ4n) is 2.16. The molecule has 2 aromatic rings. The Labute approximate surface area is 124 Å². The van der Waals surface area contributed by atoms with Crippen molar-refractivity contribution in [2.45, 2.75) is 13.0 Å². The minimum absolute atomic E-state index is 0.0943. The van der Waals surface area contributed by atoms with Crippen LogP contribution in [0.3, 0.4) is 0 Å². The number of carbonyl (C=O) groups excluding carboxylic acids is 1. The summed E-state index contributed by atoms with van der Waals surface area (Å²) in [5.41, 5.74) is 7.12. The molecular weight excluding hydrogens is 264 g/mol. The maximum Gasteiger partial charge on any atom is 0.254 e. The number of carbonyl (C=O) groups is 1. The number of phenolic OH excluding ortho intramolecular Hbond substituents is 1. The maximum absolute atomic E-state index is 12.6. The highest BCUT2D eigenvalue weighted by molar-refractivity contribution is 5.94. The molecule has 0 aliphatic carbocycles. The lowest BCUT2D eigenvalue weighted by atomic mass is 10.1. The molecule has 0 saturated carbocycles. The second kappa shape index (κ2) is 7.45. The van der Waals surface area contributed by atoms with Gasteiger partial charge in [-0.05, 0) is 36.7 Å². The maximum atomic E-state index is 12.6. The number of nitrogens with two attached hydrogens (primary N) is 1. The Morgan fingerprint density at radius 3 is 2.52 bits per heavy atom. The number of benzene rings is 2. The fourth-order valence-corrected chi connectivity index (χ4v) is 2.16. The van der Waals surface area contributed by atoms with Crippen molar-refractivity contribution in [1.82, 2.24) is 4.90 Å². The highest BCUT2D eigenvalue weighted by Crippen LogP contribution is 2.15. The fraction of sp³-hybridized carbons (Fsp3) is 0.235. The van der Waals surface area contributed by atoms with Gasteiger partial charge in [0.05, 0.1) is 0 Å². The standard InChI is InChI=1S/C17H20N2O2/c18-10-5-11-19(13-14-6-2-1-3-7-14)17(21)15-8-4-9-16(20)12-15/h1-4,6-9,12,20H,5,10-11,13,18H2. The molecular formula is C17H20N2O2. The average Bonchev–Trinajstić information content (AvgIpc) is 2.51. The van der Waals surface area contributed by atoms with Crippen LogP contribution in [-0.2, 0) is 6.54 Å². The molecule has 0 spiro atoms. The summed E-state index contributed by atoms with van der Waals surface area (Å²) in [5.74, 6) is 0.00235. The van der Waals surface area contributed by atoms with Crippen molar-refractivity contribution < 1.29 is 9.90 Å². The summed E-state index contributed by atoms with van der Waals surface area (Å²) < 4.78 is 0. The van der Waals surface area contributed by atoms with E-state index in [1.807, 2.05) is 30.3 Å². The summed E-state index contributed by atoms with van der Waals surface area (Å²) in [7, 11) is 0. The highest BCUT2D eigenvalue weighted by Gasteiger charge is 2.16. The summed E-state index contributed by atoms with van der Waals surface area (Å²) in [6.07, 6.45) is 0.747. The number of hydrogen-bond donors (Lipinski definition) is 2. The number of aromatic hydroxyl groups is 1. The van der Waals surface area contributed by atoms with Crippen LogP contribution >= 0.6 is 0 Å². The molecule has 21 heavy (non-hydrogen) atoms. The van der Waals surface area contributed by atoms with Crippen LogP contribution in [-0.4, -0.2) is 29.0 Å². The Kier molecular flexibility index (Phi) is 5.35. The summed E-state index contributed by atoms with van der Waals surface area (Å²) in [6, 6.07) is 16.3. The molecule has 0 bridgehead atoms. The molecule has 0 aromatic heterocycles. The molecule has 4 nitrogen and oxygen atoms in total. The first-order valence-corrected chi connectivity index (χ1v) is 7.03. The third kappa shape index (κ3) is 4.33. The third-order valence-electron chi connectivity index (χ3n) is 3.23. The summed E-state index contributed by atoms with van der Waals surface area (Å²) >= 11 is 0. The lowest BCUT2D eigenvalue weighted by Gasteiger charge is -2.23. The first-order valence-electron chi connectivity index (χ1n) is 7.03. The van der Waals surface area contributed by atoms with Gasteiger partial charge in [-0.2, -0.15) is 0 Å². The highest BCUT2D eigenvalue weighted by atomic mass is 16.3. The van der Waals surface area contributed by atoms with Crippen molar-refractivity contribution in [3.05, 3.63) is 65.7 Å². The Morgan fingerprint density at radius 2 is 1.86 bits per heavy atom. The second-order valence-electron chi connectivity index (χ2n) is 4.90. The zero-order valence-electron chi connectivity index (χ0n) is 11.9. The van der Waals surface area contributed by atoms with Crippen molar-refractivity contribution >= 4 is 5.91 Å². The summed E-state index contributed by atoms with van der Waals surface area (Å²) in [4.78, 5) is 14.3. The van der Waals surface area contributed by atoms with Gasteiger partial charge in [0.15, 0.2) is 0 Å². The predicted molar refractivity (Wildman–Crippen MR) is 83.0 cm³/mol. The SMILES string of the molecule is NCCCN(Cc1ccccc1)C(=O)c1cccc(O)c1. The van der Waals surface area contributed by atoms with Gasteiger partial charge in [-0.15, -0.1) is 0 Å². The van der Waals surface area contributed by atoms with E-state index in [1.165, 1.54) is 6.07 Å². The molecule has 0 aliphatic rings. The van der Waals surface area contributed by atoms with Crippen LogP contribution in [0.15, 0.2) is 54.6 Å². The minimum atomic E-state index is -0.0943. The molecule has 0 fully saturated rings. The second-order valence-corrected chi connectivity index (χ2v) is 4.90. The van der Waals surface area contributed by atoms with E-state index >= 15 is 0 Å². The zero-order valence-corrected chi connectivity index (χ0v) is 11.9. The normalized spacial score (nSPS) is 10.3. The first kappa shape index (κ1) is 15.1. The number of nitrogens with zero attached hydrogens (tertiary/aromatic N) is 1. The van der Waals surface area contributed by atoms with Gasteiger partial charge in [0, 0.05) is 18.7 Å². The van der Waals surface area contributed by atoms with Gasteiger partial charge >= 0.3 is 0 Å². The van der Waals surface area contributed by atoms with Gasteiger partial charge in [-0.1, -0.05) is 36.4 Å². The van der Waals surface area contributed by atoms with Gasteiger partial charge in [-0.3, -0.25) is 4.79 Å². The van der Waals surface area contributed by atoms with Crippen LogP contribution in [0.1, 0.15) is 22.3 Å². The van der Waals surface area contributed by atoms with E-state index in [9.17, 15) is 9.90 Å². The monoisotopic (exact) mass is 284 g/mol. The Morgan fingerprint density at radius 1 is 1.10 bits per heavy atom. The summed E-state index contributed by atoms with van der Waals surface area (Å²) in [5, 5.41) is 9.52.